The first-order valence-electron chi connectivity index (χ1n) is 30.7. The average molecular weight is 954 g/mol. The normalized spacial score (nSPS) is 40.1. The lowest BCUT2D eigenvalue weighted by Crippen LogP contribution is -2.51. The summed E-state index contributed by atoms with van der Waals surface area (Å²) in [6, 6.07) is 0. The molecular formula is C65H108O4. The summed E-state index contributed by atoms with van der Waals surface area (Å²) in [5.74, 6) is 10.3. The van der Waals surface area contributed by atoms with Crippen LogP contribution < -0.4 is 0 Å². The molecule has 0 N–H and O–H groups in total. The maximum Gasteiger partial charge on any atom is 0.306 e. The standard InChI is InChI=1S/C65H108O4/c1-44(2)20-18-22-46(5)54-30-32-56-52-28-26-48-42-50(34-38-62(48,7)58(52)36-40-64(54,56)9)68-60(66)24-16-14-12-11-13-15-17-25-61(67)69-51-35-39-63(8)49(43-51)27-29-53-57-33-31-55(47(6)23-19-21-45(3)4)65(57,10)41-37-59(53)63/h26-27,44-47,50-59H,11-25,28-43H2,1-10H3/t46-,47-,50+,51+,52+,53+,54-,55-,56+,57+,58+,59+,62+,63+,64-,65-/m1/s1. The van der Waals surface area contributed by atoms with E-state index in [1.54, 1.807) is 11.1 Å². The topological polar surface area (TPSA) is 52.6 Å². The predicted molar refractivity (Wildman–Crippen MR) is 287 cm³/mol. The van der Waals surface area contributed by atoms with E-state index in [2.05, 4.69) is 81.4 Å². The highest BCUT2D eigenvalue weighted by Gasteiger charge is 2.61. The van der Waals surface area contributed by atoms with Crippen molar-refractivity contribution in [3.8, 4) is 0 Å². The van der Waals surface area contributed by atoms with Gasteiger partial charge in [0.05, 0.1) is 0 Å². The third-order valence-corrected chi connectivity index (χ3v) is 23.4. The number of fused-ring (bicyclic) bond motifs is 10. The van der Waals surface area contributed by atoms with Gasteiger partial charge in [-0.1, -0.05) is 163 Å². The Morgan fingerprint density at radius 1 is 0.478 bits per heavy atom. The van der Waals surface area contributed by atoms with E-state index in [0.717, 1.165) is 135 Å². The number of ether oxygens (including phenoxy) is 2. The van der Waals surface area contributed by atoms with Crippen molar-refractivity contribution >= 4 is 11.9 Å². The van der Waals surface area contributed by atoms with Crippen molar-refractivity contribution in [2.24, 2.45) is 92.7 Å². The van der Waals surface area contributed by atoms with Crippen LogP contribution in [0.15, 0.2) is 23.3 Å². The van der Waals surface area contributed by atoms with E-state index in [9.17, 15) is 9.59 Å². The molecule has 8 aliphatic rings. The van der Waals surface area contributed by atoms with Gasteiger partial charge in [0.15, 0.2) is 0 Å². The lowest BCUT2D eigenvalue weighted by molar-refractivity contribution is -0.152. The smallest absolute Gasteiger partial charge is 0.306 e. The second-order valence-corrected chi connectivity index (χ2v) is 28.3. The van der Waals surface area contributed by atoms with Gasteiger partial charge in [-0.2, -0.15) is 0 Å². The molecule has 0 unspecified atom stereocenters. The van der Waals surface area contributed by atoms with Gasteiger partial charge in [0, 0.05) is 25.7 Å². The van der Waals surface area contributed by atoms with Crippen molar-refractivity contribution in [2.45, 2.75) is 280 Å². The highest BCUT2D eigenvalue weighted by atomic mass is 16.5. The van der Waals surface area contributed by atoms with E-state index in [0.29, 0.717) is 34.5 Å². The third kappa shape index (κ3) is 11.6. The number of carbonyl (C=O) groups is 2. The number of hydrogen-bond acceptors (Lipinski definition) is 4. The van der Waals surface area contributed by atoms with E-state index in [4.69, 9.17) is 9.47 Å². The summed E-state index contributed by atoms with van der Waals surface area (Å²) in [4.78, 5) is 26.1. The minimum Gasteiger partial charge on any atom is -0.462 e. The zero-order valence-corrected chi connectivity index (χ0v) is 46.8. The maximum absolute atomic E-state index is 13.1. The fourth-order valence-electron chi connectivity index (χ4n) is 19.4. The summed E-state index contributed by atoms with van der Waals surface area (Å²) in [6.45, 7) is 25.3. The van der Waals surface area contributed by atoms with Crippen molar-refractivity contribution in [1.82, 2.24) is 0 Å². The summed E-state index contributed by atoms with van der Waals surface area (Å²) in [6.07, 6.45) is 42.8. The second kappa shape index (κ2) is 22.9. The summed E-state index contributed by atoms with van der Waals surface area (Å²) in [7, 11) is 0. The van der Waals surface area contributed by atoms with Gasteiger partial charge in [-0.05, 0) is 195 Å². The Labute approximate surface area is 425 Å². The molecule has 6 fully saturated rings. The number of esters is 2. The van der Waals surface area contributed by atoms with Crippen LogP contribution in [-0.2, 0) is 19.1 Å². The summed E-state index contributed by atoms with van der Waals surface area (Å²) in [5, 5.41) is 0. The van der Waals surface area contributed by atoms with E-state index >= 15 is 0 Å². The first-order valence-corrected chi connectivity index (χ1v) is 30.7. The van der Waals surface area contributed by atoms with Gasteiger partial charge in [-0.25, -0.2) is 0 Å². The van der Waals surface area contributed by atoms with Crippen molar-refractivity contribution in [3.05, 3.63) is 23.3 Å². The fraction of sp³-hybridized carbons (Fsp3) is 0.908. The molecule has 4 nitrogen and oxygen atoms in total. The van der Waals surface area contributed by atoms with Crippen LogP contribution in [0.3, 0.4) is 0 Å². The highest BCUT2D eigenvalue weighted by molar-refractivity contribution is 5.70. The lowest BCUT2D eigenvalue weighted by Gasteiger charge is -2.58. The van der Waals surface area contributed by atoms with Crippen LogP contribution in [0.5, 0.6) is 0 Å². The first kappa shape index (κ1) is 53.7. The lowest BCUT2D eigenvalue weighted by atomic mass is 9.47. The zero-order valence-electron chi connectivity index (χ0n) is 46.8. The van der Waals surface area contributed by atoms with E-state index in [1.165, 1.54) is 122 Å². The molecular weight excluding hydrogens is 845 g/mol. The number of rotatable bonds is 22. The molecule has 0 saturated heterocycles. The van der Waals surface area contributed by atoms with Gasteiger partial charge in [-0.3, -0.25) is 9.59 Å². The number of unbranched alkanes of at least 4 members (excludes halogenated alkanes) is 6. The summed E-state index contributed by atoms with van der Waals surface area (Å²) >= 11 is 0. The van der Waals surface area contributed by atoms with Crippen LogP contribution in [0, 0.1) is 92.7 Å². The fourth-order valence-corrected chi connectivity index (χ4v) is 19.4. The van der Waals surface area contributed by atoms with Crippen molar-refractivity contribution < 1.29 is 19.1 Å². The zero-order chi connectivity index (χ0) is 49.1. The summed E-state index contributed by atoms with van der Waals surface area (Å²) < 4.78 is 12.4. The molecule has 4 heteroatoms. The Morgan fingerprint density at radius 2 is 0.870 bits per heavy atom. The van der Waals surface area contributed by atoms with Gasteiger partial charge in [0.1, 0.15) is 12.2 Å². The largest absolute Gasteiger partial charge is 0.462 e. The van der Waals surface area contributed by atoms with Crippen LogP contribution in [0.4, 0.5) is 0 Å². The van der Waals surface area contributed by atoms with Crippen LogP contribution >= 0.6 is 0 Å². The third-order valence-electron chi connectivity index (χ3n) is 23.4. The number of carbonyl (C=O) groups excluding carboxylic acids is 2. The van der Waals surface area contributed by atoms with Gasteiger partial charge >= 0.3 is 11.9 Å². The molecule has 69 heavy (non-hydrogen) atoms. The molecule has 0 aromatic rings. The molecule has 6 saturated carbocycles. The van der Waals surface area contributed by atoms with Crippen LogP contribution in [0.2, 0.25) is 0 Å². The molecule has 392 valence electrons. The Morgan fingerprint density at radius 3 is 1.26 bits per heavy atom. The van der Waals surface area contributed by atoms with Crippen LogP contribution in [0.1, 0.15) is 268 Å². The number of allylic oxidation sites excluding steroid dienone is 2. The van der Waals surface area contributed by atoms with E-state index in [1.807, 2.05) is 0 Å². The van der Waals surface area contributed by atoms with Gasteiger partial charge in [-0.15, -0.1) is 0 Å². The van der Waals surface area contributed by atoms with Gasteiger partial charge < -0.3 is 9.47 Å². The Hall–Kier alpha value is -1.58. The molecule has 0 spiro atoms. The monoisotopic (exact) mass is 953 g/mol. The molecule has 0 aliphatic heterocycles. The van der Waals surface area contributed by atoms with Gasteiger partial charge in [0.25, 0.3) is 0 Å². The summed E-state index contributed by atoms with van der Waals surface area (Å²) in [5.41, 5.74) is 4.91. The molecule has 0 amide bonds. The second-order valence-electron chi connectivity index (χ2n) is 28.3. The first-order chi connectivity index (χ1) is 33.0. The van der Waals surface area contributed by atoms with Crippen molar-refractivity contribution in [2.75, 3.05) is 0 Å². The quantitative estimate of drug-likeness (QED) is 0.0616. The van der Waals surface area contributed by atoms with Crippen molar-refractivity contribution in [3.63, 3.8) is 0 Å². The molecule has 8 aliphatic carbocycles. The maximum atomic E-state index is 13.1. The minimum atomic E-state index is 0.0208. The number of hydrogen-bond donors (Lipinski definition) is 0. The molecule has 0 aromatic carbocycles. The molecule has 0 aromatic heterocycles. The predicted octanol–water partition coefficient (Wildman–Crippen LogP) is 18.4. The van der Waals surface area contributed by atoms with Crippen molar-refractivity contribution in [1.29, 1.82) is 0 Å². The molecule has 16 atom stereocenters. The average Bonchev–Trinajstić information content (AvgIpc) is 3.85. The molecule has 0 radical (unpaired) electrons. The van der Waals surface area contributed by atoms with E-state index < -0.39 is 0 Å². The Bertz CT molecular complexity index is 1650. The highest BCUT2D eigenvalue weighted by Crippen LogP contribution is 2.69. The van der Waals surface area contributed by atoms with Crippen LogP contribution in [-0.4, -0.2) is 24.1 Å². The SMILES string of the molecule is CC(C)CCC[C@@H](C)[C@H]1CC[C@H]2[C@@H]3CC=C4C[C@@H](OC(=O)CCCCCCCCCC(=O)O[C@H]5CC[C@@]6(C)C(=CC[C@H]7[C@@H]8CC[C@H]([C@H](C)CCCC(C)C)[C@@]8(C)CC[C@@H]76)C5)CC[C@]4(C)[C@H]3CC[C@]12C. The molecule has 8 rings (SSSR count). The van der Waals surface area contributed by atoms with Gasteiger partial charge in [0.2, 0.25) is 0 Å². The van der Waals surface area contributed by atoms with Crippen LogP contribution in [0.25, 0.3) is 0 Å². The molecule has 0 heterocycles. The Kier molecular flexibility index (Phi) is 17.8. The Balaban J connectivity index is 0.677. The molecule has 0 bridgehead atoms. The van der Waals surface area contributed by atoms with E-state index in [-0.39, 0.29) is 24.1 Å². The minimum absolute atomic E-state index is 0.0208.